The van der Waals surface area contributed by atoms with Crippen LogP contribution in [0.2, 0.25) is 0 Å². The molecule has 0 unspecified atom stereocenters. The molecule has 0 fully saturated rings. The standard InChI is InChI=1S/C9H13F3O4/c1-8(2,3)7(14)15-4-6(13)16-5-9(10,11)12/h4-5H2,1-3H3. The molecule has 0 aromatic carbocycles. The van der Waals surface area contributed by atoms with Crippen molar-refractivity contribution in [2.75, 3.05) is 13.2 Å². The van der Waals surface area contributed by atoms with Crippen LogP contribution in [0.25, 0.3) is 0 Å². The van der Waals surface area contributed by atoms with Crippen LogP contribution >= 0.6 is 0 Å². The van der Waals surface area contributed by atoms with E-state index in [0.29, 0.717) is 0 Å². The molecular formula is C9H13F3O4. The lowest BCUT2D eigenvalue weighted by molar-refractivity contribution is -0.190. The number of rotatable bonds is 3. The summed E-state index contributed by atoms with van der Waals surface area (Å²) in [5.41, 5.74) is -0.815. The molecule has 0 aliphatic carbocycles. The Bertz CT molecular complexity index is 265. The van der Waals surface area contributed by atoms with E-state index in [2.05, 4.69) is 9.47 Å². The first-order valence-corrected chi connectivity index (χ1v) is 4.42. The van der Waals surface area contributed by atoms with Crippen LogP contribution < -0.4 is 0 Å². The van der Waals surface area contributed by atoms with E-state index in [1.54, 1.807) is 20.8 Å². The lowest BCUT2D eigenvalue weighted by Crippen LogP contribution is -2.28. The Balaban J connectivity index is 3.88. The molecule has 0 rings (SSSR count). The van der Waals surface area contributed by atoms with Crippen LogP contribution in [0, 0.1) is 5.41 Å². The van der Waals surface area contributed by atoms with E-state index in [4.69, 9.17) is 0 Å². The molecule has 0 saturated heterocycles. The Hall–Kier alpha value is -1.27. The van der Waals surface area contributed by atoms with Crippen LogP contribution in [0.5, 0.6) is 0 Å². The van der Waals surface area contributed by atoms with Gasteiger partial charge in [-0.05, 0) is 20.8 Å². The van der Waals surface area contributed by atoms with Crippen LogP contribution in [-0.2, 0) is 19.1 Å². The number of ether oxygens (including phenoxy) is 2. The van der Waals surface area contributed by atoms with Gasteiger partial charge < -0.3 is 9.47 Å². The Labute approximate surface area is 90.7 Å². The Kier molecular flexibility index (Phi) is 4.77. The van der Waals surface area contributed by atoms with Crippen LogP contribution in [-0.4, -0.2) is 31.3 Å². The lowest BCUT2D eigenvalue weighted by atomic mass is 9.97. The molecule has 0 spiro atoms. The Morgan fingerprint density at radius 3 is 1.94 bits per heavy atom. The molecule has 0 N–H and O–H groups in total. The molecule has 0 saturated carbocycles. The van der Waals surface area contributed by atoms with Gasteiger partial charge in [0.05, 0.1) is 5.41 Å². The van der Waals surface area contributed by atoms with E-state index in [1.807, 2.05) is 0 Å². The molecule has 0 heterocycles. The molecule has 0 aliphatic rings. The Morgan fingerprint density at radius 2 is 1.56 bits per heavy atom. The number of hydrogen-bond acceptors (Lipinski definition) is 4. The van der Waals surface area contributed by atoms with Gasteiger partial charge in [0.15, 0.2) is 13.2 Å². The summed E-state index contributed by atoms with van der Waals surface area (Å²) in [6, 6.07) is 0. The molecule has 0 atom stereocenters. The number of alkyl halides is 3. The number of carbonyl (C=O) groups is 2. The molecule has 0 aromatic heterocycles. The van der Waals surface area contributed by atoms with Gasteiger partial charge in [-0.15, -0.1) is 0 Å². The molecule has 7 heteroatoms. The molecule has 16 heavy (non-hydrogen) atoms. The van der Waals surface area contributed by atoms with E-state index >= 15 is 0 Å². The van der Waals surface area contributed by atoms with Crippen LogP contribution in [0.4, 0.5) is 13.2 Å². The third-order valence-corrected chi connectivity index (χ3v) is 1.33. The van der Waals surface area contributed by atoms with Gasteiger partial charge in [-0.3, -0.25) is 4.79 Å². The highest BCUT2D eigenvalue weighted by atomic mass is 19.4. The fourth-order valence-corrected chi connectivity index (χ4v) is 0.545. The Morgan fingerprint density at radius 1 is 1.06 bits per heavy atom. The third-order valence-electron chi connectivity index (χ3n) is 1.33. The van der Waals surface area contributed by atoms with E-state index in [-0.39, 0.29) is 0 Å². The fourth-order valence-electron chi connectivity index (χ4n) is 0.545. The average Bonchev–Trinajstić information content (AvgIpc) is 2.08. The molecule has 94 valence electrons. The van der Waals surface area contributed by atoms with Gasteiger partial charge in [-0.1, -0.05) is 0 Å². The predicted molar refractivity (Wildman–Crippen MR) is 47.4 cm³/mol. The molecule has 0 aromatic rings. The van der Waals surface area contributed by atoms with Gasteiger partial charge in [0.2, 0.25) is 0 Å². The summed E-state index contributed by atoms with van der Waals surface area (Å²) in [4.78, 5) is 21.8. The average molecular weight is 242 g/mol. The second-order valence-electron chi connectivity index (χ2n) is 4.10. The third kappa shape index (κ3) is 7.08. The molecule has 0 aliphatic heterocycles. The molecular weight excluding hydrogens is 229 g/mol. The first-order valence-electron chi connectivity index (χ1n) is 4.42. The zero-order chi connectivity index (χ0) is 13.0. The highest BCUT2D eigenvalue weighted by molar-refractivity contribution is 5.79. The number of halogens is 3. The van der Waals surface area contributed by atoms with Crippen LogP contribution in [0.1, 0.15) is 20.8 Å². The normalized spacial score (nSPS) is 12.1. The highest BCUT2D eigenvalue weighted by Gasteiger charge is 2.30. The minimum Gasteiger partial charge on any atom is -0.454 e. The van der Waals surface area contributed by atoms with Crippen molar-refractivity contribution < 1.29 is 32.2 Å². The van der Waals surface area contributed by atoms with Crippen molar-refractivity contribution in [1.82, 2.24) is 0 Å². The van der Waals surface area contributed by atoms with Crippen molar-refractivity contribution >= 4 is 11.9 Å². The van der Waals surface area contributed by atoms with Crippen molar-refractivity contribution in [2.24, 2.45) is 5.41 Å². The van der Waals surface area contributed by atoms with Gasteiger partial charge in [0.25, 0.3) is 0 Å². The van der Waals surface area contributed by atoms with E-state index < -0.39 is 36.7 Å². The molecule has 0 bridgehead atoms. The second-order valence-corrected chi connectivity index (χ2v) is 4.10. The highest BCUT2D eigenvalue weighted by Crippen LogP contribution is 2.16. The number of carbonyl (C=O) groups excluding carboxylic acids is 2. The van der Waals surface area contributed by atoms with Crippen molar-refractivity contribution in [3.63, 3.8) is 0 Å². The minimum atomic E-state index is -4.58. The van der Waals surface area contributed by atoms with Crippen molar-refractivity contribution in [3.05, 3.63) is 0 Å². The van der Waals surface area contributed by atoms with Crippen LogP contribution in [0.3, 0.4) is 0 Å². The maximum absolute atomic E-state index is 11.6. The van der Waals surface area contributed by atoms with Crippen molar-refractivity contribution in [3.8, 4) is 0 Å². The minimum absolute atomic E-state index is 0.684. The first kappa shape index (κ1) is 14.7. The van der Waals surface area contributed by atoms with Gasteiger partial charge in [-0.25, -0.2) is 4.79 Å². The van der Waals surface area contributed by atoms with Crippen molar-refractivity contribution in [1.29, 1.82) is 0 Å². The SMILES string of the molecule is CC(C)(C)C(=O)OCC(=O)OCC(F)(F)F. The van der Waals surface area contributed by atoms with Crippen molar-refractivity contribution in [2.45, 2.75) is 26.9 Å². The van der Waals surface area contributed by atoms with E-state index in [0.717, 1.165) is 0 Å². The second kappa shape index (κ2) is 5.18. The van der Waals surface area contributed by atoms with E-state index in [9.17, 15) is 22.8 Å². The summed E-state index contributed by atoms with van der Waals surface area (Å²) in [5, 5.41) is 0. The molecule has 0 radical (unpaired) electrons. The van der Waals surface area contributed by atoms with Crippen LogP contribution in [0.15, 0.2) is 0 Å². The molecule has 4 nitrogen and oxygen atoms in total. The largest absolute Gasteiger partial charge is 0.454 e. The van der Waals surface area contributed by atoms with Gasteiger partial charge in [0.1, 0.15) is 0 Å². The zero-order valence-electron chi connectivity index (χ0n) is 9.18. The summed E-state index contributed by atoms with van der Waals surface area (Å²) < 4.78 is 43.1. The maximum Gasteiger partial charge on any atom is 0.422 e. The number of esters is 2. The smallest absolute Gasteiger partial charge is 0.422 e. The first-order chi connectivity index (χ1) is 7.02. The van der Waals surface area contributed by atoms with Gasteiger partial charge >= 0.3 is 18.1 Å². The van der Waals surface area contributed by atoms with Gasteiger partial charge in [-0.2, -0.15) is 13.2 Å². The topological polar surface area (TPSA) is 52.6 Å². The fraction of sp³-hybridized carbons (Fsp3) is 0.778. The summed E-state index contributed by atoms with van der Waals surface area (Å²) in [7, 11) is 0. The zero-order valence-corrected chi connectivity index (χ0v) is 9.18. The summed E-state index contributed by atoms with van der Waals surface area (Å²) in [5.74, 6) is -1.91. The summed E-state index contributed by atoms with van der Waals surface area (Å²) in [6.07, 6.45) is -4.58. The summed E-state index contributed by atoms with van der Waals surface area (Å²) in [6.45, 7) is 2.16. The maximum atomic E-state index is 11.6. The van der Waals surface area contributed by atoms with E-state index in [1.165, 1.54) is 0 Å². The lowest BCUT2D eigenvalue weighted by Gasteiger charge is -2.16. The predicted octanol–water partition coefficient (Wildman–Crippen LogP) is 1.68. The molecule has 0 amide bonds. The quantitative estimate of drug-likeness (QED) is 0.706. The summed E-state index contributed by atoms with van der Waals surface area (Å²) >= 11 is 0. The van der Waals surface area contributed by atoms with Gasteiger partial charge in [0, 0.05) is 0 Å². The number of hydrogen-bond donors (Lipinski definition) is 0. The monoisotopic (exact) mass is 242 g/mol.